The van der Waals surface area contributed by atoms with Crippen molar-refractivity contribution in [3.8, 4) is 0 Å². The van der Waals surface area contributed by atoms with Crippen LogP contribution in [-0.4, -0.2) is 23.0 Å². The maximum Gasteiger partial charge on any atom is 0.0546 e. The molecule has 0 aromatic carbocycles. The Morgan fingerprint density at radius 1 is 1.62 bits per heavy atom. The van der Waals surface area contributed by atoms with E-state index in [9.17, 15) is 5.11 Å². The van der Waals surface area contributed by atoms with E-state index in [2.05, 4.69) is 0 Å². The zero-order chi connectivity index (χ0) is 9.84. The fourth-order valence-electron chi connectivity index (χ4n) is 1.99. The molecule has 1 saturated carbocycles. The number of hydrogen-bond acceptors (Lipinski definition) is 3. The first-order chi connectivity index (χ1) is 6.09. The molecule has 0 aromatic rings. The van der Waals surface area contributed by atoms with Gasteiger partial charge in [0.1, 0.15) is 0 Å². The molecule has 0 aliphatic heterocycles. The third kappa shape index (κ3) is 3.44. The molecule has 1 fully saturated rings. The maximum atomic E-state index is 9.43. The van der Waals surface area contributed by atoms with Crippen LogP contribution >= 0.6 is 0 Å². The molecule has 0 heterocycles. The number of nitrogens with one attached hydrogen (secondary N) is 1. The van der Waals surface area contributed by atoms with Gasteiger partial charge in [0, 0.05) is 18.2 Å². The molecule has 0 bridgehead atoms. The van der Waals surface area contributed by atoms with Gasteiger partial charge < -0.3 is 16.2 Å². The van der Waals surface area contributed by atoms with Gasteiger partial charge in [-0.15, -0.1) is 0 Å². The SMILES string of the molecule is CC(N)CC(=N)C1CCCC(O)C1. The molecule has 1 rings (SSSR count). The summed E-state index contributed by atoms with van der Waals surface area (Å²) in [6.07, 6.45) is 4.27. The minimum Gasteiger partial charge on any atom is -0.393 e. The van der Waals surface area contributed by atoms with Crippen LogP contribution in [-0.2, 0) is 0 Å². The Morgan fingerprint density at radius 2 is 2.31 bits per heavy atom. The molecule has 0 aromatic heterocycles. The van der Waals surface area contributed by atoms with Gasteiger partial charge in [-0.1, -0.05) is 6.42 Å². The Bertz CT molecular complexity index is 180. The van der Waals surface area contributed by atoms with Crippen molar-refractivity contribution in [1.29, 1.82) is 5.41 Å². The summed E-state index contributed by atoms with van der Waals surface area (Å²) in [5, 5.41) is 17.2. The summed E-state index contributed by atoms with van der Waals surface area (Å²) in [4.78, 5) is 0. The fraction of sp³-hybridized carbons (Fsp3) is 0.900. The van der Waals surface area contributed by atoms with E-state index in [1.807, 2.05) is 6.92 Å². The monoisotopic (exact) mass is 184 g/mol. The minimum absolute atomic E-state index is 0.0755. The highest BCUT2D eigenvalue weighted by atomic mass is 16.3. The number of aliphatic hydroxyl groups excluding tert-OH is 1. The van der Waals surface area contributed by atoms with Gasteiger partial charge in [0.2, 0.25) is 0 Å². The molecule has 0 spiro atoms. The van der Waals surface area contributed by atoms with Gasteiger partial charge in [-0.25, -0.2) is 0 Å². The smallest absolute Gasteiger partial charge is 0.0546 e. The summed E-state index contributed by atoms with van der Waals surface area (Å²) in [7, 11) is 0. The number of hydrogen-bond donors (Lipinski definition) is 3. The third-order valence-corrected chi connectivity index (χ3v) is 2.68. The van der Waals surface area contributed by atoms with Crippen molar-refractivity contribution < 1.29 is 5.11 Å². The van der Waals surface area contributed by atoms with E-state index in [1.165, 1.54) is 0 Å². The van der Waals surface area contributed by atoms with Crippen LogP contribution in [0.15, 0.2) is 0 Å². The molecule has 0 radical (unpaired) electrons. The maximum absolute atomic E-state index is 9.43. The Kier molecular flexibility index (Phi) is 3.88. The summed E-state index contributed by atoms with van der Waals surface area (Å²) < 4.78 is 0. The van der Waals surface area contributed by atoms with E-state index in [1.54, 1.807) is 0 Å². The third-order valence-electron chi connectivity index (χ3n) is 2.68. The van der Waals surface area contributed by atoms with Crippen molar-refractivity contribution in [2.24, 2.45) is 11.7 Å². The molecular weight excluding hydrogens is 164 g/mol. The number of rotatable bonds is 3. The topological polar surface area (TPSA) is 70.1 Å². The van der Waals surface area contributed by atoms with Gasteiger partial charge in [0.15, 0.2) is 0 Å². The lowest BCUT2D eigenvalue weighted by Crippen LogP contribution is -2.29. The number of nitrogens with two attached hydrogens (primary N) is 1. The van der Waals surface area contributed by atoms with Crippen molar-refractivity contribution in [1.82, 2.24) is 0 Å². The molecule has 13 heavy (non-hydrogen) atoms. The Morgan fingerprint density at radius 3 is 2.85 bits per heavy atom. The van der Waals surface area contributed by atoms with Crippen molar-refractivity contribution in [2.45, 2.75) is 51.2 Å². The van der Waals surface area contributed by atoms with Crippen molar-refractivity contribution in [2.75, 3.05) is 0 Å². The van der Waals surface area contributed by atoms with Crippen LogP contribution in [0.2, 0.25) is 0 Å². The van der Waals surface area contributed by atoms with Crippen LogP contribution in [0.4, 0.5) is 0 Å². The second-order valence-corrected chi connectivity index (χ2v) is 4.22. The minimum atomic E-state index is -0.188. The molecule has 1 aliphatic carbocycles. The van der Waals surface area contributed by atoms with E-state index >= 15 is 0 Å². The first-order valence-electron chi connectivity index (χ1n) is 5.10. The molecule has 3 unspecified atom stereocenters. The predicted molar refractivity (Wildman–Crippen MR) is 54.0 cm³/mol. The van der Waals surface area contributed by atoms with Gasteiger partial charge in [0.25, 0.3) is 0 Å². The summed E-state index contributed by atoms with van der Waals surface area (Å²) >= 11 is 0. The summed E-state index contributed by atoms with van der Waals surface area (Å²) in [6.45, 7) is 1.92. The first-order valence-corrected chi connectivity index (χ1v) is 5.10. The fourth-order valence-corrected chi connectivity index (χ4v) is 1.99. The lowest BCUT2D eigenvalue weighted by molar-refractivity contribution is 0.116. The number of aliphatic hydroxyl groups is 1. The van der Waals surface area contributed by atoms with Crippen LogP contribution in [0.3, 0.4) is 0 Å². The summed E-state index contributed by atoms with van der Waals surface area (Å²) in [5.74, 6) is 0.287. The van der Waals surface area contributed by atoms with Gasteiger partial charge >= 0.3 is 0 Å². The molecule has 1 aliphatic rings. The van der Waals surface area contributed by atoms with Crippen molar-refractivity contribution in [3.63, 3.8) is 0 Å². The zero-order valence-corrected chi connectivity index (χ0v) is 8.29. The molecule has 3 atom stereocenters. The molecule has 0 saturated heterocycles. The first kappa shape index (κ1) is 10.7. The van der Waals surface area contributed by atoms with Crippen LogP contribution in [0.5, 0.6) is 0 Å². The second-order valence-electron chi connectivity index (χ2n) is 4.22. The lowest BCUT2D eigenvalue weighted by atomic mass is 9.82. The quantitative estimate of drug-likeness (QED) is 0.578. The molecule has 0 amide bonds. The molecule has 4 N–H and O–H groups in total. The van der Waals surface area contributed by atoms with E-state index in [4.69, 9.17) is 11.1 Å². The normalized spacial score (nSPS) is 31.3. The highest BCUT2D eigenvalue weighted by molar-refractivity contribution is 5.84. The second kappa shape index (κ2) is 4.72. The summed E-state index contributed by atoms with van der Waals surface area (Å²) in [5.41, 5.74) is 6.36. The molecule has 3 nitrogen and oxygen atoms in total. The zero-order valence-electron chi connectivity index (χ0n) is 8.29. The van der Waals surface area contributed by atoms with Gasteiger partial charge in [0.05, 0.1) is 6.10 Å². The van der Waals surface area contributed by atoms with E-state index in [0.29, 0.717) is 6.42 Å². The van der Waals surface area contributed by atoms with Gasteiger partial charge in [-0.3, -0.25) is 0 Å². The Balaban J connectivity index is 2.37. The van der Waals surface area contributed by atoms with E-state index < -0.39 is 0 Å². The van der Waals surface area contributed by atoms with Gasteiger partial charge in [-0.05, 0) is 32.1 Å². The van der Waals surface area contributed by atoms with Crippen molar-refractivity contribution in [3.05, 3.63) is 0 Å². The molecule has 76 valence electrons. The average molecular weight is 184 g/mol. The Labute approximate surface area is 79.8 Å². The standard InChI is InChI=1S/C10H20N2O/c1-7(11)5-10(12)8-3-2-4-9(13)6-8/h7-9,12-13H,2-6,11H2,1H3. The van der Waals surface area contributed by atoms with Gasteiger partial charge in [-0.2, -0.15) is 0 Å². The largest absolute Gasteiger partial charge is 0.393 e. The highest BCUT2D eigenvalue weighted by Gasteiger charge is 2.23. The Hall–Kier alpha value is -0.410. The van der Waals surface area contributed by atoms with Crippen LogP contribution in [0.25, 0.3) is 0 Å². The van der Waals surface area contributed by atoms with Crippen LogP contribution in [0.1, 0.15) is 39.0 Å². The molecular formula is C10H20N2O. The summed E-state index contributed by atoms with van der Waals surface area (Å²) in [6, 6.07) is 0.0755. The highest BCUT2D eigenvalue weighted by Crippen LogP contribution is 2.26. The molecule has 3 heteroatoms. The van der Waals surface area contributed by atoms with E-state index in [0.717, 1.165) is 31.4 Å². The van der Waals surface area contributed by atoms with E-state index in [-0.39, 0.29) is 18.1 Å². The van der Waals surface area contributed by atoms with Crippen LogP contribution < -0.4 is 5.73 Å². The van der Waals surface area contributed by atoms with Crippen molar-refractivity contribution >= 4 is 5.71 Å². The average Bonchev–Trinajstić information content (AvgIpc) is 2.03. The predicted octanol–water partition coefficient (Wildman–Crippen LogP) is 1.29. The lowest BCUT2D eigenvalue weighted by Gasteiger charge is -2.26. The van der Waals surface area contributed by atoms with Crippen LogP contribution in [0, 0.1) is 11.3 Å².